The van der Waals surface area contributed by atoms with Gasteiger partial charge in [0.25, 0.3) is 0 Å². The van der Waals surface area contributed by atoms with Crippen LogP contribution in [0.5, 0.6) is 5.75 Å². The summed E-state index contributed by atoms with van der Waals surface area (Å²) in [5, 5.41) is 1.05. The highest BCUT2D eigenvalue weighted by molar-refractivity contribution is 7.19. The van der Waals surface area contributed by atoms with E-state index in [1.807, 2.05) is 13.8 Å². The van der Waals surface area contributed by atoms with Crippen LogP contribution in [0, 0.1) is 11.8 Å². The summed E-state index contributed by atoms with van der Waals surface area (Å²) in [6.07, 6.45) is 3.26. The molecule has 0 radical (unpaired) electrons. The third kappa shape index (κ3) is 2.89. The molecule has 2 heterocycles. The summed E-state index contributed by atoms with van der Waals surface area (Å²) in [6, 6.07) is 0. The normalized spacial score (nSPS) is 22.1. The second kappa shape index (κ2) is 5.52. The van der Waals surface area contributed by atoms with E-state index < -0.39 is 0 Å². The van der Waals surface area contributed by atoms with Gasteiger partial charge in [-0.2, -0.15) is 0 Å². The number of nitrogens with two attached hydrogens (primary N) is 1. The Morgan fingerprint density at radius 1 is 1.38 bits per heavy atom. The second-order valence-corrected chi connectivity index (χ2v) is 7.62. The van der Waals surface area contributed by atoms with Crippen LogP contribution in [0.25, 0.3) is 0 Å². The molecule has 1 aliphatic heterocycles. The summed E-state index contributed by atoms with van der Waals surface area (Å²) in [7, 11) is 0. The van der Waals surface area contributed by atoms with Gasteiger partial charge >= 0.3 is 0 Å². The first-order chi connectivity index (χ1) is 9.97. The molecule has 1 saturated heterocycles. The molecule has 3 rings (SSSR count). The lowest BCUT2D eigenvalue weighted by Gasteiger charge is -2.19. The zero-order chi connectivity index (χ0) is 15.1. The fourth-order valence-electron chi connectivity index (χ4n) is 2.81. The largest absolute Gasteiger partial charge is 0.486 e. The van der Waals surface area contributed by atoms with E-state index >= 15 is 0 Å². The molecule has 0 spiro atoms. The molecule has 0 amide bonds. The quantitative estimate of drug-likeness (QED) is 0.845. The molecule has 2 fully saturated rings. The van der Waals surface area contributed by atoms with Crippen LogP contribution in [0.15, 0.2) is 0 Å². The molecule has 1 aromatic heterocycles. The smallest absolute Gasteiger partial charge is 0.178 e. The molecule has 2 N–H and O–H groups in total. The summed E-state index contributed by atoms with van der Waals surface area (Å²) in [4.78, 5) is 15.5. The van der Waals surface area contributed by atoms with Crippen LogP contribution in [-0.2, 0) is 0 Å². The van der Waals surface area contributed by atoms with Gasteiger partial charge in [-0.15, -0.1) is 11.3 Å². The van der Waals surface area contributed by atoms with E-state index in [1.54, 1.807) is 0 Å². The zero-order valence-electron chi connectivity index (χ0n) is 13.0. The third-order valence-electron chi connectivity index (χ3n) is 4.12. The highest BCUT2D eigenvalue weighted by Gasteiger charge is 2.36. The summed E-state index contributed by atoms with van der Waals surface area (Å²) < 4.78 is 5.95. The van der Waals surface area contributed by atoms with Gasteiger partial charge in [-0.05, 0) is 39.0 Å². The number of Topliss-reactive ketones (excluding diaryl/α,β-unsaturated/α-hetero) is 1. The number of hydrogen-bond donors (Lipinski definition) is 1. The molecule has 2 aliphatic rings. The van der Waals surface area contributed by atoms with Crippen molar-refractivity contribution in [3.05, 3.63) is 4.88 Å². The van der Waals surface area contributed by atoms with E-state index in [1.165, 1.54) is 17.8 Å². The van der Waals surface area contributed by atoms with Crippen LogP contribution in [-0.4, -0.2) is 25.0 Å². The van der Waals surface area contributed by atoms with E-state index in [9.17, 15) is 4.79 Å². The lowest BCUT2D eigenvalue weighted by atomic mass is 10.2. The molecular formula is C16H24N2O2S. The number of anilines is 2. The SMILES string of the molecule is CC1CCN(c2sc(C(=O)C3CC3)c(N)c2OC(C)C)C1. The first-order valence-corrected chi connectivity index (χ1v) is 8.67. The minimum absolute atomic E-state index is 0.0598. The minimum Gasteiger partial charge on any atom is -0.486 e. The monoisotopic (exact) mass is 308 g/mol. The van der Waals surface area contributed by atoms with Crippen LogP contribution >= 0.6 is 11.3 Å². The summed E-state index contributed by atoms with van der Waals surface area (Å²) >= 11 is 1.53. The van der Waals surface area contributed by atoms with Gasteiger partial charge in [-0.3, -0.25) is 4.79 Å². The van der Waals surface area contributed by atoms with Crippen LogP contribution in [0.4, 0.5) is 10.7 Å². The highest BCUT2D eigenvalue weighted by atomic mass is 32.1. The Morgan fingerprint density at radius 2 is 2.10 bits per heavy atom. The Morgan fingerprint density at radius 3 is 2.62 bits per heavy atom. The highest BCUT2D eigenvalue weighted by Crippen LogP contribution is 2.49. The molecule has 1 unspecified atom stereocenters. The average Bonchev–Trinajstić information content (AvgIpc) is 3.12. The third-order valence-corrected chi connectivity index (χ3v) is 5.38. The van der Waals surface area contributed by atoms with E-state index in [-0.39, 0.29) is 17.8 Å². The number of carbonyl (C=O) groups is 1. The van der Waals surface area contributed by atoms with E-state index in [2.05, 4.69) is 11.8 Å². The Balaban J connectivity index is 1.95. The second-order valence-electron chi connectivity index (χ2n) is 6.62. The van der Waals surface area contributed by atoms with Crippen molar-refractivity contribution in [3.63, 3.8) is 0 Å². The van der Waals surface area contributed by atoms with Crippen molar-refractivity contribution in [1.82, 2.24) is 0 Å². The van der Waals surface area contributed by atoms with Gasteiger partial charge in [-0.25, -0.2) is 0 Å². The molecule has 1 aromatic rings. The predicted octanol–water partition coefficient (Wildman–Crippen LogP) is 3.56. The lowest BCUT2D eigenvalue weighted by molar-refractivity contribution is 0.0972. The summed E-state index contributed by atoms with van der Waals surface area (Å²) in [5.74, 6) is 1.82. The molecule has 116 valence electrons. The molecule has 5 heteroatoms. The Hall–Kier alpha value is -1.23. The molecule has 1 atom stereocenters. The van der Waals surface area contributed by atoms with Gasteiger partial charge in [0.05, 0.1) is 16.7 Å². The number of nitrogens with zero attached hydrogens (tertiary/aromatic N) is 1. The maximum absolute atomic E-state index is 12.4. The van der Waals surface area contributed by atoms with Gasteiger partial charge in [0.15, 0.2) is 11.5 Å². The summed E-state index contributed by atoms with van der Waals surface area (Å²) in [6.45, 7) is 8.29. The average molecular weight is 308 g/mol. The van der Waals surface area contributed by atoms with Gasteiger partial charge < -0.3 is 15.4 Å². The van der Waals surface area contributed by atoms with Crippen molar-refractivity contribution in [1.29, 1.82) is 0 Å². The number of ketones is 1. The number of carbonyl (C=O) groups excluding carboxylic acids is 1. The van der Waals surface area contributed by atoms with Crippen LogP contribution in [0.1, 0.15) is 49.7 Å². The molecule has 1 aliphatic carbocycles. The van der Waals surface area contributed by atoms with Gasteiger partial charge in [-0.1, -0.05) is 6.92 Å². The number of nitrogen functional groups attached to an aromatic ring is 1. The Labute approximate surface area is 130 Å². The van der Waals surface area contributed by atoms with Crippen LogP contribution in [0.3, 0.4) is 0 Å². The van der Waals surface area contributed by atoms with Crippen molar-refractivity contribution in [2.24, 2.45) is 11.8 Å². The molecule has 0 aromatic carbocycles. The number of rotatable bonds is 5. The molecule has 21 heavy (non-hydrogen) atoms. The summed E-state index contributed by atoms with van der Waals surface area (Å²) in [5.41, 5.74) is 6.81. The van der Waals surface area contributed by atoms with Crippen molar-refractivity contribution in [2.75, 3.05) is 23.7 Å². The Kier molecular flexibility index (Phi) is 3.86. The van der Waals surface area contributed by atoms with Crippen molar-refractivity contribution in [2.45, 2.75) is 46.1 Å². The topological polar surface area (TPSA) is 55.6 Å². The van der Waals surface area contributed by atoms with E-state index in [0.29, 0.717) is 16.5 Å². The van der Waals surface area contributed by atoms with Gasteiger partial charge in [0, 0.05) is 19.0 Å². The lowest BCUT2D eigenvalue weighted by Crippen LogP contribution is -2.19. The number of ether oxygens (including phenoxy) is 1. The van der Waals surface area contributed by atoms with Gasteiger partial charge in [0.2, 0.25) is 0 Å². The molecule has 0 bridgehead atoms. The Bertz CT molecular complexity index is 549. The van der Waals surface area contributed by atoms with E-state index in [4.69, 9.17) is 10.5 Å². The first-order valence-electron chi connectivity index (χ1n) is 7.85. The standard InChI is InChI=1S/C16H24N2O2S/c1-9(2)20-14-12(17)15(13(19)11-4-5-11)21-16(14)18-7-6-10(3)8-18/h9-11H,4-8,17H2,1-3H3. The number of thiophene rings is 1. The van der Waals surface area contributed by atoms with Crippen molar-refractivity contribution in [3.8, 4) is 5.75 Å². The number of hydrogen-bond acceptors (Lipinski definition) is 5. The van der Waals surface area contributed by atoms with Crippen LogP contribution < -0.4 is 15.4 Å². The fraction of sp³-hybridized carbons (Fsp3) is 0.688. The first kappa shape index (κ1) is 14.7. The van der Waals surface area contributed by atoms with Crippen LogP contribution in [0.2, 0.25) is 0 Å². The maximum Gasteiger partial charge on any atom is 0.178 e. The minimum atomic E-state index is 0.0598. The van der Waals surface area contributed by atoms with Crippen molar-refractivity contribution < 1.29 is 9.53 Å². The molecular weight excluding hydrogens is 284 g/mol. The van der Waals surface area contributed by atoms with Crippen molar-refractivity contribution >= 4 is 27.8 Å². The maximum atomic E-state index is 12.4. The zero-order valence-corrected chi connectivity index (χ0v) is 13.8. The predicted molar refractivity (Wildman–Crippen MR) is 87.5 cm³/mol. The molecule has 4 nitrogen and oxygen atoms in total. The van der Waals surface area contributed by atoms with Gasteiger partial charge in [0.1, 0.15) is 5.00 Å². The van der Waals surface area contributed by atoms with E-state index in [0.717, 1.165) is 36.7 Å². The fourth-order valence-corrected chi connectivity index (χ4v) is 4.02. The molecule has 1 saturated carbocycles.